The summed E-state index contributed by atoms with van der Waals surface area (Å²) in [6.07, 6.45) is 5.94. The van der Waals surface area contributed by atoms with E-state index in [9.17, 15) is 4.79 Å². The summed E-state index contributed by atoms with van der Waals surface area (Å²) in [6.45, 7) is 11.1. The number of rotatable bonds is 2. The van der Waals surface area contributed by atoms with Crippen LogP contribution in [0.3, 0.4) is 0 Å². The molecule has 2 saturated heterocycles. The van der Waals surface area contributed by atoms with E-state index in [0.717, 1.165) is 45.7 Å². The van der Waals surface area contributed by atoms with Crippen molar-refractivity contribution in [1.82, 2.24) is 4.90 Å². The SMILES string of the molecule is C=C1CCC[C@]2(C)C[C@H]3OC(=O)[C@@H](CN4CCOCC4)[C@H]3C[C@@H]12. The smallest absolute Gasteiger partial charge is 0.310 e. The van der Waals surface area contributed by atoms with Gasteiger partial charge in [0, 0.05) is 25.6 Å². The quantitative estimate of drug-likeness (QED) is 0.579. The predicted octanol–water partition coefficient (Wildman–Crippen LogP) is 2.63. The first-order valence-corrected chi connectivity index (χ1v) is 9.25. The fourth-order valence-corrected chi connectivity index (χ4v) is 5.53. The molecule has 0 aromatic heterocycles. The molecule has 2 heterocycles. The van der Waals surface area contributed by atoms with Gasteiger partial charge in [0.15, 0.2) is 0 Å². The van der Waals surface area contributed by atoms with Crippen LogP contribution < -0.4 is 0 Å². The molecule has 4 nitrogen and oxygen atoms in total. The molecule has 0 unspecified atom stereocenters. The van der Waals surface area contributed by atoms with E-state index in [1.165, 1.54) is 24.8 Å². The van der Waals surface area contributed by atoms with Crippen molar-refractivity contribution >= 4 is 5.97 Å². The molecule has 4 aliphatic rings. The van der Waals surface area contributed by atoms with Crippen LogP contribution in [0.5, 0.6) is 0 Å². The molecule has 0 bridgehead atoms. The summed E-state index contributed by atoms with van der Waals surface area (Å²) in [7, 11) is 0. The normalized spacial score (nSPS) is 44.6. The lowest BCUT2D eigenvalue weighted by atomic mass is 9.55. The predicted molar refractivity (Wildman–Crippen MR) is 87.9 cm³/mol. The Kier molecular flexibility index (Phi) is 4.01. The number of morpholine rings is 1. The molecule has 0 N–H and O–H groups in total. The highest BCUT2D eigenvalue weighted by atomic mass is 16.6. The molecular formula is C19H29NO3. The third-order valence-corrected chi connectivity index (χ3v) is 6.88. The molecule has 0 radical (unpaired) electrons. The van der Waals surface area contributed by atoms with Gasteiger partial charge in [0.1, 0.15) is 6.10 Å². The summed E-state index contributed by atoms with van der Waals surface area (Å²) in [5.41, 5.74) is 1.71. The van der Waals surface area contributed by atoms with Gasteiger partial charge in [0.2, 0.25) is 0 Å². The number of esters is 1. The maximum atomic E-state index is 12.5. The van der Waals surface area contributed by atoms with E-state index < -0.39 is 0 Å². The molecule has 0 aromatic carbocycles. The van der Waals surface area contributed by atoms with Crippen molar-refractivity contribution in [3.05, 3.63) is 12.2 Å². The minimum atomic E-state index is 0.0411. The molecule has 4 rings (SSSR count). The maximum absolute atomic E-state index is 12.5. The maximum Gasteiger partial charge on any atom is 0.310 e. The number of carbonyl (C=O) groups excluding carboxylic acids is 1. The molecule has 128 valence electrons. The van der Waals surface area contributed by atoms with E-state index in [2.05, 4.69) is 18.4 Å². The van der Waals surface area contributed by atoms with Gasteiger partial charge >= 0.3 is 5.97 Å². The van der Waals surface area contributed by atoms with Gasteiger partial charge in [-0.15, -0.1) is 0 Å². The summed E-state index contributed by atoms with van der Waals surface area (Å²) in [4.78, 5) is 14.9. The first-order chi connectivity index (χ1) is 11.1. The van der Waals surface area contributed by atoms with Crippen molar-refractivity contribution < 1.29 is 14.3 Å². The summed E-state index contributed by atoms with van der Waals surface area (Å²) in [6, 6.07) is 0. The van der Waals surface area contributed by atoms with Crippen LogP contribution in [0.15, 0.2) is 12.2 Å². The number of carbonyl (C=O) groups is 1. The number of hydrogen-bond donors (Lipinski definition) is 0. The molecule has 0 aromatic rings. The fraction of sp³-hybridized carbons (Fsp3) is 0.842. The van der Waals surface area contributed by atoms with E-state index in [-0.39, 0.29) is 18.0 Å². The second kappa shape index (κ2) is 5.89. The Morgan fingerprint density at radius 1 is 1.35 bits per heavy atom. The summed E-state index contributed by atoms with van der Waals surface area (Å²) in [5.74, 6) is 1.06. The van der Waals surface area contributed by atoms with E-state index in [1.54, 1.807) is 0 Å². The molecule has 4 fully saturated rings. The Morgan fingerprint density at radius 2 is 2.13 bits per heavy atom. The van der Waals surface area contributed by atoms with Gasteiger partial charge in [-0.3, -0.25) is 9.69 Å². The van der Waals surface area contributed by atoms with E-state index in [0.29, 0.717) is 17.3 Å². The zero-order valence-corrected chi connectivity index (χ0v) is 14.3. The van der Waals surface area contributed by atoms with Crippen molar-refractivity contribution in [2.45, 2.75) is 45.1 Å². The van der Waals surface area contributed by atoms with Gasteiger partial charge in [-0.1, -0.05) is 19.1 Å². The van der Waals surface area contributed by atoms with Crippen LogP contribution in [0.25, 0.3) is 0 Å². The van der Waals surface area contributed by atoms with Crippen LogP contribution in [0.4, 0.5) is 0 Å². The van der Waals surface area contributed by atoms with Crippen LogP contribution in [-0.4, -0.2) is 49.8 Å². The molecular weight excluding hydrogens is 290 g/mol. The first-order valence-electron chi connectivity index (χ1n) is 9.25. The van der Waals surface area contributed by atoms with Gasteiger partial charge in [0.05, 0.1) is 19.1 Å². The number of fused-ring (bicyclic) bond motifs is 2. The third-order valence-electron chi connectivity index (χ3n) is 6.88. The number of hydrogen-bond acceptors (Lipinski definition) is 4. The number of nitrogens with zero attached hydrogens (tertiary/aromatic N) is 1. The lowest BCUT2D eigenvalue weighted by Gasteiger charge is -2.50. The minimum absolute atomic E-state index is 0.0411. The monoisotopic (exact) mass is 319 g/mol. The minimum Gasteiger partial charge on any atom is -0.462 e. The molecule has 23 heavy (non-hydrogen) atoms. The summed E-state index contributed by atoms with van der Waals surface area (Å²) in [5, 5.41) is 0. The van der Waals surface area contributed by atoms with E-state index >= 15 is 0 Å². The third kappa shape index (κ3) is 2.74. The zero-order chi connectivity index (χ0) is 16.0. The number of allylic oxidation sites excluding steroid dienone is 1. The fourth-order valence-electron chi connectivity index (χ4n) is 5.53. The Balaban J connectivity index is 1.50. The van der Waals surface area contributed by atoms with Crippen LogP contribution in [0.2, 0.25) is 0 Å². The van der Waals surface area contributed by atoms with E-state index in [4.69, 9.17) is 9.47 Å². The Labute approximate surface area is 139 Å². The van der Waals surface area contributed by atoms with Gasteiger partial charge in [-0.2, -0.15) is 0 Å². The summed E-state index contributed by atoms with van der Waals surface area (Å²) < 4.78 is 11.3. The van der Waals surface area contributed by atoms with Crippen molar-refractivity contribution in [2.75, 3.05) is 32.8 Å². The van der Waals surface area contributed by atoms with Crippen LogP contribution in [0, 0.1) is 23.2 Å². The molecule has 2 aliphatic heterocycles. The molecule has 2 aliphatic carbocycles. The Hall–Kier alpha value is -0.870. The lowest BCUT2D eigenvalue weighted by Crippen LogP contribution is -2.46. The Morgan fingerprint density at radius 3 is 2.91 bits per heavy atom. The van der Waals surface area contributed by atoms with Crippen molar-refractivity contribution in [3.8, 4) is 0 Å². The largest absolute Gasteiger partial charge is 0.462 e. The average Bonchev–Trinajstić information content (AvgIpc) is 2.81. The highest BCUT2D eigenvalue weighted by Gasteiger charge is 2.55. The number of ether oxygens (including phenoxy) is 2. The molecule has 4 heteroatoms. The zero-order valence-electron chi connectivity index (χ0n) is 14.3. The standard InChI is InChI=1S/C19H29NO3/c1-13-4-3-5-19(2)11-17-14(10-16(13)19)15(18(21)23-17)12-20-6-8-22-9-7-20/h14-17H,1,3-12H2,2H3/t14-,15+,16+,17-,19-/m1/s1. The highest BCUT2D eigenvalue weighted by molar-refractivity contribution is 5.75. The van der Waals surface area contributed by atoms with Crippen LogP contribution in [-0.2, 0) is 14.3 Å². The van der Waals surface area contributed by atoms with Crippen molar-refractivity contribution in [2.24, 2.45) is 23.2 Å². The highest BCUT2D eigenvalue weighted by Crippen LogP contribution is 2.56. The lowest BCUT2D eigenvalue weighted by molar-refractivity contribution is -0.146. The topological polar surface area (TPSA) is 38.8 Å². The second-order valence-corrected chi connectivity index (χ2v) is 8.32. The van der Waals surface area contributed by atoms with Gasteiger partial charge in [-0.05, 0) is 43.4 Å². The first kappa shape index (κ1) is 15.6. The van der Waals surface area contributed by atoms with Gasteiger partial charge in [0.25, 0.3) is 0 Å². The Bertz CT molecular complexity index is 499. The van der Waals surface area contributed by atoms with Crippen LogP contribution >= 0.6 is 0 Å². The molecule has 2 saturated carbocycles. The van der Waals surface area contributed by atoms with Crippen molar-refractivity contribution in [3.63, 3.8) is 0 Å². The molecule has 0 amide bonds. The molecule has 0 spiro atoms. The van der Waals surface area contributed by atoms with E-state index in [1.807, 2.05) is 0 Å². The average molecular weight is 319 g/mol. The van der Waals surface area contributed by atoms with Crippen molar-refractivity contribution in [1.29, 1.82) is 0 Å². The van der Waals surface area contributed by atoms with Gasteiger partial charge < -0.3 is 9.47 Å². The summed E-state index contributed by atoms with van der Waals surface area (Å²) >= 11 is 0. The van der Waals surface area contributed by atoms with Crippen LogP contribution in [0.1, 0.15) is 39.0 Å². The second-order valence-electron chi connectivity index (χ2n) is 8.32. The molecule has 5 atom stereocenters. The van der Waals surface area contributed by atoms with Gasteiger partial charge in [-0.25, -0.2) is 0 Å².